The maximum atomic E-state index is 6.31. The van der Waals surface area contributed by atoms with E-state index in [9.17, 15) is 0 Å². The number of amidine groups is 1. The quantitative estimate of drug-likeness (QED) is 0.922. The van der Waals surface area contributed by atoms with E-state index in [4.69, 9.17) is 33.0 Å². The molecule has 120 valence electrons. The van der Waals surface area contributed by atoms with E-state index in [0.717, 1.165) is 27.4 Å². The van der Waals surface area contributed by atoms with Gasteiger partial charge in [0.2, 0.25) is 0 Å². The van der Waals surface area contributed by atoms with Crippen molar-refractivity contribution >= 4 is 29.0 Å². The second-order valence-electron chi connectivity index (χ2n) is 5.51. The maximum Gasteiger partial charge on any atom is 0.154 e. The van der Waals surface area contributed by atoms with Gasteiger partial charge in [0.1, 0.15) is 0 Å². The van der Waals surface area contributed by atoms with Gasteiger partial charge in [-0.25, -0.2) is 5.48 Å². The Morgan fingerprint density at radius 3 is 2.83 bits per heavy atom. The van der Waals surface area contributed by atoms with E-state index in [1.807, 2.05) is 32.0 Å². The Balaban J connectivity index is 1.85. The molecule has 23 heavy (non-hydrogen) atoms. The Kier molecular flexibility index (Phi) is 4.80. The number of rotatable bonds is 3. The summed E-state index contributed by atoms with van der Waals surface area (Å²) in [6.45, 7) is 4.34. The molecule has 0 aliphatic carbocycles. The number of hydrogen-bond acceptors (Lipinski definition) is 5. The fraction of sp³-hybridized carbons (Fsp3) is 0.312. The summed E-state index contributed by atoms with van der Waals surface area (Å²) in [5, 5.41) is 8.90. The number of hydrogen-bond donors (Lipinski definition) is 1. The Bertz CT molecular complexity index is 764. The summed E-state index contributed by atoms with van der Waals surface area (Å²) in [6, 6.07) is 7.73. The van der Waals surface area contributed by atoms with E-state index in [-0.39, 0.29) is 6.04 Å². The van der Waals surface area contributed by atoms with Crippen LogP contribution in [0.15, 0.2) is 29.3 Å². The zero-order chi connectivity index (χ0) is 16.4. The first-order valence-corrected chi connectivity index (χ1v) is 7.99. The summed E-state index contributed by atoms with van der Waals surface area (Å²) < 4.78 is 0. The summed E-state index contributed by atoms with van der Waals surface area (Å²) in [4.78, 5) is 10.2. The summed E-state index contributed by atoms with van der Waals surface area (Å²) >= 11 is 12.2. The van der Waals surface area contributed by atoms with Gasteiger partial charge in [-0.1, -0.05) is 35.3 Å². The smallest absolute Gasteiger partial charge is 0.154 e. The van der Waals surface area contributed by atoms with Crippen molar-refractivity contribution < 1.29 is 4.84 Å². The first kappa shape index (κ1) is 16.2. The topological polar surface area (TPSA) is 59.4 Å². The van der Waals surface area contributed by atoms with Crippen LogP contribution in [-0.2, 0) is 11.3 Å². The van der Waals surface area contributed by atoms with E-state index in [0.29, 0.717) is 24.0 Å². The van der Waals surface area contributed by atoms with Crippen molar-refractivity contribution in [2.24, 2.45) is 4.99 Å². The number of aliphatic imine (C=N–C) groups is 1. The number of benzene rings is 1. The van der Waals surface area contributed by atoms with Gasteiger partial charge in [-0.15, -0.1) is 5.10 Å². The van der Waals surface area contributed by atoms with Crippen LogP contribution in [0.4, 0.5) is 0 Å². The highest BCUT2D eigenvalue weighted by Crippen LogP contribution is 2.21. The first-order valence-electron chi connectivity index (χ1n) is 7.24. The van der Waals surface area contributed by atoms with Crippen LogP contribution in [-0.4, -0.2) is 28.7 Å². The fourth-order valence-electron chi connectivity index (χ4n) is 2.42. The molecular weight excluding hydrogens is 335 g/mol. The minimum atomic E-state index is -0.0298. The zero-order valence-electron chi connectivity index (χ0n) is 12.8. The van der Waals surface area contributed by atoms with E-state index in [1.54, 1.807) is 6.07 Å². The molecule has 1 N–H and O–H groups in total. The Morgan fingerprint density at radius 1 is 1.22 bits per heavy atom. The molecule has 0 amide bonds. The molecule has 2 aromatic rings. The summed E-state index contributed by atoms with van der Waals surface area (Å²) in [6.07, 6.45) is 0.704. The van der Waals surface area contributed by atoms with Crippen molar-refractivity contribution in [3.8, 4) is 0 Å². The van der Waals surface area contributed by atoms with Crippen LogP contribution in [0, 0.1) is 13.8 Å². The van der Waals surface area contributed by atoms with Crippen LogP contribution < -0.4 is 5.48 Å². The van der Waals surface area contributed by atoms with Crippen molar-refractivity contribution in [1.29, 1.82) is 0 Å². The minimum Gasteiger partial charge on any atom is -0.272 e. The van der Waals surface area contributed by atoms with E-state index < -0.39 is 0 Å². The molecule has 5 nitrogen and oxygen atoms in total. The van der Waals surface area contributed by atoms with E-state index >= 15 is 0 Å². The highest BCUT2D eigenvalue weighted by molar-refractivity contribution is 6.31. The number of aromatic nitrogens is 2. The van der Waals surface area contributed by atoms with Crippen molar-refractivity contribution in [3.05, 3.63) is 56.8 Å². The number of nitrogens with one attached hydrogen (secondary N) is 1. The van der Waals surface area contributed by atoms with Crippen molar-refractivity contribution in [2.45, 2.75) is 26.3 Å². The average molecular weight is 351 g/mol. The Labute approximate surface area is 144 Å². The maximum absolute atomic E-state index is 6.31. The highest BCUT2D eigenvalue weighted by Gasteiger charge is 2.20. The molecule has 7 heteroatoms. The van der Waals surface area contributed by atoms with Crippen molar-refractivity contribution in [3.63, 3.8) is 0 Å². The predicted octanol–water partition coefficient (Wildman–Crippen LogP) is 3.29. The van der Waals surface area contributed by atoms with Crippen LogP contribution in [0.25, 0.3) is 0 Å². The summed E-state index contributed by atoms with van der Waals surface area (Å²) in [5.74, 6) is 0.610. The third kappa shape index (κ3) is 3.80. The lowest BCUT2D eigenvalue weighted by molar-refractivity contribution is 0.0624. The lowest BCUT2D eigenvalue weighted by atomic mass is 10.0. The number of aryl methyl sites for hydroxylation is 2. The molecule has 1 atom stereocenters. The monoisotopic (exact) mass is 350 g/mol. The Hall–Kier alpha value is -1.69. The lowest BCUT2D eigenvalue weighted by Gasteiger charge is -2.23. The zero-order valence-corrected chi connectivity index (χ0v) is 14.3. The number of hydroxylamine groups is 1. The number of nitrogens with zero attached hydrogens (tertiary/aromatic N) is 3. The molecule has 1 aliphatic rings. The molecule has 0 spiro atoms. The largest absolute Gasteiger partial charge is 0.272 e. The molecule has 0 saturated heterocycles. The van der Waals surface area contributed by atoms with Gasteiger partial charge in [0.05, 0.1) is 18.3 Å². The van der Waals surface area contributed by atoms with Gasteiger partial charge in [-0.2, -0.15) is 5.10 Å². The van der Waals surface area contributed by atoms with Crippen LogP contribution in [0.5, 0.6) is 0 Å². The fourth-order valence-corrected chi connectivity index (χ4v) is 2.88. The molecule has 0 fully saturated rings. The van der Waals surface area contributed by atoms with Gasteiger partial charge in [0, 0.05) is 10.6 Å². The second-order valence-corrected chi connectivity index (χ2v) is 6.30. The SMILES string of the molecule is Cc1ccc(CC2CONC(c3cc(Cl)nnc3C)=N2)c(Cl)c1. The van der Waals surface area contributed by atoms with Crippen LogP contribution in [0.3, 0.4) is 0 Å². The standard InChI is InChI=1S/C16H16Cl2N4O/c1-9-3-4-11(14(17)5-9)6-12-8-23-22-16(19-12)13-7-15(18)21-20-10(13)2/h3-5,7,12H,6,8H2,1-2H3,(H,19,22). The van der Waals surface area contributed by atoms with Crippen molar-refractivity contribution in [1.82, 2.24) is 15.7 Å². The first-order chi connectivity index (χ1) is 11.0. The molecule has 0 bridgehead atoms. The highest BCUT2D eigenvalue weighted by atomic mass is 35.5. The third-order valence-corrected chi connectivity index (χ3v) is 4.16. The number of halogens is 2. The second kappa shape index (κ2) is 6.83. The minimum absolute atomic E-state index is 0.0298. The summed E-state index contributed by atoms with van der Waals surface area (Å²) in [7, 11) is 0. The van der Waals surface area contributed by atoms with Crippen LogP contribution >= 0.6 is 23.2 Å². The molecule has 1 aromatic carbocycles. The lowest BCUT2D eigenvalue weighted by Crippen LogP contribution is -2.37. The van der Waals surface area contributed by atoms with Crippen LogP contribution in [0.1, 0.15) is 22.4 Å². The van der Waals surface area contributed by atoms with Gasteiger partial charge in [0.15, 0.2) is 11.0 Å². The molecule has 0 saturated carbocycles. The van der Waals surface area contributed by atoms with Gasteiger partial charge in [-0.05, 0) is 43.5 Å². The van der Waals surface area contributed by atoms with E-state index in [2.05, 4.69) is 15.7 Å². The summed E-state index contributed by atoms with van der Waals surface area (Å²) in [5.41, 5.74) is 6.54. The average Bonchev–Trinajstić information content (AvgIpc) is 2.53. The Morgan fingerprint density at radius 2 is 2.04 bits per heavy atom. The van der Waals surface area contributed by atoms with Crippen LogP contribution in [0.2, 0.25) is 10.2 Å². The van der Waals surface area contributed by atoms with Gasteiger partial charge >= 0.3 is 0 Å². The molecule has 0 radical (unpaired) electrons. The molecule has 1 aromatic heterocycles. The van der Waals surface area contributed by atoms with Gasteiger partial charge in [0.25, 0.3) is 0 Å². The molecule has 3 rings (SSSR count). The normalized spacial score (nSPS) is 17.6. The molecule has 2 heterocycles. The molecule has 1 aliphatic heterocycles. The van der Waals surface area contributed by atoms with Gasteiger partial charge in [-0.3, -0.25) is 9.83 Å². The third-order valence-electron chi connectivity index (χ3n) is 3.62. The van der Waals surface area contributed by atoms with E-state index in [1.165, 1.54) is 0 Å². The molecular formula is C16H16Cl2N4O. The molecule has 1 unspecified atom stereocenters. The van der Waals surface area contributed by atoms with Gasteiger partial charge < -0.3 is 0 Å². The predicted molar refractivity (Wildman–Crippen MR) is 91.1 cm³/mol. The van der Waals surface area contributed by atoms with Crippen molar-refractivity contribution in [2.75, 3.05) is 6.61 Å².